The molecule has 1 aliphatic heterocycles. The number of rotatable bonds is 3. The lowest BCUT2D eigenvalue weighted by Gasteiger charge is -2.22. The summed E-state index contributed by atoms with van der Waals surface area (Å²) in [6.07, 6.45) is 5.33. The van der Waals surface area contributed by atoms with Gasteiger partial charge in [-0.3, -0.25) is 9.97 Å². The molecule has 3 rings (SSSR count). The van der Waals surface area contributed by atoms with E-state index in [9.17, 15) is 0 Å². The zero-order valence-electron chi connectivity index (χ0n) is 10.2. The van der Waals surface area contributed by atoms with E-state index in [1.807, 2.05) is 25.0 Å². The summed E-state index contributed by atoms with van der Waals surface area (Å²) in [5, 5.41) is 3.39. The monoisotopic (exact) mass is 257 g/mol. The molecule has 0 saturated carbocycles. The largest absolute Gasteiger partial charge is 0.311 e. The van der Waals surface area contributed by atoms with E-state index in [2.05, 4.69) is 39.6 Å². The number of nitrogens with one attached hydrogen (secondary N) is 1. The van der Waals surface area contributed by atoms with Crippen LogP contribution in [0.3, 0.4) is 0 Å². The van der Waals surface area contributed by atoms with Crippen LogP contribution < -0.4 is 5.32 Å². The van der Waals surface area contributed by atoms with Gasteiger partial charge in [0.05, 0.1) is 11.7 Å². The van der Waals surface area contributed by atoms with Gasteiger partial charge >= 0.3 is 0 Å². The maximum absolute atomic E-state index is 4.43. The summed E-state index contributed by atoms with van der Waals surface area (Å²) in [7, 11) is 1.99. The summed E-state index contributed by atoms with van der Waals surface area (Å²) in [6.45, 7) is 0. The zero-order valence-corrected chi connectivity index (χ0v) is 11.0. The van der Waals surface area contributed by atoms with E-state index in [0.717, 1.165) is 11.4 Å². The molecule has 92 valence electrons. The Hall–Kier alpha value is -1.39. The molecule has 4 heteroatoms. The standard InChI is InChI=1S/C14H15N3S/c1-15-14(12-8-16-6-7-17-12)11-9-18-13-5-3-2-4-10(11)13/h2-8,11,14-15H,9H2,1H3. The Morgan fingerprint density at radius 3 is 3.00 bits per heavy atom. The van der Waals surface area contributed by atoms with E-state index in [4.69, 9.17) is 0 Å². The average molecular weight is 257 g/mol. The predicted octanol–water partition coefficient (Wildman–Crippen LogP) is 2.63. The molecule has 2 unspecified atom stereocenters. The molecule has 0 bridgehead atoms. The van der Waals surface area contributed by atoms with Crippen LogP contribution in [0.5, 0.6) is 0 Å². The summed E-state index contributed by atoms with van der Waals surface area (Å²) in [4.78, 5) is 10.00. The first-order chi connectivity index (χ1) is 8.90. The first-order valence-electron chi connectivity index (χ1n) is 6.05. The lowest BCUT2D eigenvalue weighted by atomic mass is 9.91. The van der Waals surface area contributed by atoms with Gasteiger partial charge in [-0.15, -0.1) is 11.8 Å². The molecular weight excluding hydrogens is 242 g/mol. The van der Waals surface area contributed by atoms with Crippen molar-refractivity contribution < 1.29 is 0 Å². The Balaban J connectivity index is 1.95. The van der Waals surface area contributed by atoms with Crippen molar-refractivity contribution in [1.82, 2.24) is 15.3 Å². The number of nitrogens with zero attached hydrogens (tertiary/aromatic N) is 2. The van der Waals surface area contributed by atoms with Gasteiger partial charge in [0, 0.05) is 35.2 Å². The molecule has 0 saturated heterocycles. The molecule has 0 spiro atoms. The number of hydrogen-bond donors (Lipinski definition) is 1. The molecular formula is C14H15N3S. The first kappa shape index (κ1) is 11.7. The molecule has 1 aromatic heterocycles. The molecule has 1 N–H and O–H groups in total. The van der Waals surface area contributed by atoms with Crippen LogP contribution in [-0.4, -0.2) is 22.8 Å². The summed E-state index contributed by atoms with van der Waals surface area (Å²) < 4.78 is 0. The smallest absolute Gasteiger partial charge is 0.0762 e. The van der Waals surface area contributed by atoms with Crippen LogP contribution in [-0.2, 0) is 0 Å². The molecule has 1 aromatic carbocycles. The van der Waals surface area contributed by atoms with Crippen molar-refractivity contribution in [2.45, 2.75) is 16.9 Å². The second-order valence-corrected chi connectivity index (χ2v) is 5.41. The van der Waals surface area contributed by atoms with Crippen LogP contribution in [0.1, 0.15) is 23.2 Å². The second-order valence-electron chi connectivity index (χ2n) is 4.35. The molecule has 1 aliphatic rings. The van der Waals surface area contributed by atoms with E-state index >= 15 is 0 Å². The average Bonchev–Trinajstić information content (AvgIpc) is 2.85. The molecule has 3 nitrogen and oxygen atoms in total. The summed E-state index contributed by atoms with van der Waals surface area (Å²) >= 11 is 1.93. The van der Waals surface area contributed by atoms with Crippen LogP contribution in [0.2, 0.25) is 0 Å². The topological polar surface area (TPSA) is 37.8 Å². The third kappa shape index (κ3) is 2.02. The highest BCUT2D eigenvalue weighted by Crippen LogP contribution is 2.44. The Labute approximate surface area is 111 Å². The summed E-state index contributed by atoms with van der Waals surface area (Å²) in [5.41, 5.74) is 2.44. The fourth-order valence-electron chi connectivity index (χ4n) is 2.49. The van der Waals surface area contributed by atoms with E-state index in [0.29, 0.717) is 5.92 Å². The van der Waals surface area contributed by atoms with E-state index in [1.165, 1.54) is 10.5 Å². The number of benzene rings is 1. The van der Waals surface area contributed by atoms with Crippen LogP contribution in [0.4, 0.5) is 0 Å². The van der Waals surface area contributed by atoms with Crippen molar-refractivity contribution in [2.24, 2.45) is 0 Å². The fraction of sp³-hybridized carbons (Fsp3) is 0.286. The predicted molar refractivity (Wildman–Crippen MR) is 73.7 cm³/mol. The fourth-order valence-corrected chi connectivity index (χ4v) is 3.78. The number of likely N-dealkylation sites (N-methyl/N-ethyl adjacent to an activating group) is 1. The third-order valence-corrected chi connectivity index (χ3v) is 4.56. The Morgan fingerprint density at radius 1 is 1.33 bits per heavy atom. The minimum atomic E-state index is 0.231. The van der Waals surface area contributed by atoms with Crippen molar-refractivity contribution in [3.63, 3.8) is 0 Å². The number of thioether (sulfide) groups is 1. The highest BCUT2D eigenvalue weighted by molar-refractivity contribution is 7.99. The molecule has 0 amide bonds. The van der Waals surface area contributed by atoms with Gasteiger partial charge in [0.2, 0.25) is 0 Å². The van der Waals surface area contributed by atoms with Crippen molar-refractivity contribution in [1.29, 1.82) is 0 Å². The van der Waals surface area contributed by atoms with Crippen LogP contribution in [0.15, 0.2) is 47.8 Å². The first-order valence-corrected chi connectivity index (χ1v) is 7.03. The van der Waals surface area contributed by atoms with Gasteiger partial charge < -0.3 is 5.32 Å². The van der Waals surface area contributed by atoms with Crippen molar-refractivity contribution in [3.8, 4) is 0 Å². The second kappa shape index (κ2) is 5.08. The number of aromatic nitrogens is 2. The summed E-state index contributed by atoms with van der Waals surface area (Å²) in [5.74, 6) is 1.56. The van der Waals surface area contributed by atoms with Gasteiger partial charge in [0.25, 0.3) is 0 Å². The van der Waals surface area contributed by atoms with Crippen LogP contribution >= 0.6 is 11.8 Å². The van der Waals surface area contributed by atoms with E-state index in [1.54, 1.807) is 12.4 Å². The maximum atomic E-state index is 4.43. The van der Waals surface area contributed by atoms with Gasteiger partial charge in [-0.05, 0) is 18.7 Å². The Bertz CT molecular complexity index is 530. The lowest BCUT2D eigenvalue weighted by molar-refractivity contribution is 0.500. The normalized spacial score (nSPS) is 19.5. The molecule has 0 fully saturated rings. The van der Waals surface area contributed by atoms with Gasteiger partial charge in [-0.25, -0.2) is 0 Å². The van der Waals surface area contributed by atoms with Gasteiger partial charge in [-0.1, -0.05) is 18.2 Å². The molecule has 2 atom stereocenters. The highest BCUT2D eigenvalue weighted by atomic mass is 32.2. The SMILES string of the molecule is CNC(c1cnccn1)C1CSc2ccccc21. The number of hydrogen-bond acceptors (Lipinski definition) is 4. The molecule has 0 aliphatic carbocycles. The minimum absolute atomic E-state index is 0.231. The zero-order chi connectivity index (χ0) is 12.4. The van der Waals surface area contributed by atoms with Gasteiger partial charge in [0.1, 0.15) is 0 Å². The third-order valence-electron chi connectivity index (χ3n) is 3.35. The molecule has 2 aromatic rings. The quantitative estimate of drug-likeness (QED) is 0.917. The lowest BCUT2D eigenvalue weighted by Crippen LogP contribution is -2.25. The molecule has 0 radical (unpaired) electrons. The van der Waals surface area contributed by atoms with Crippen LogP contribution in [0, 0.1) is 0 Å². The molecule has 18 heavy (non-hydrogen) atoms. The summed E-state index contributed by atoms with van der Waals surface area (Å²) in [6, 6.07) is 8.87. The van der Waals surface area contributed by atoms with Gasteiger partial charge in [0.15, 0.2) is 0 Å². The van der Waals surface area contributed by atoms with Crippen molar-refractivity contribution in [3.05, 3.63) is 54.1 Å². The molecule has 2 heterocycles. The van der Waals surface area contributed by atoms with E-state index in [-0.39, 0.29) is 6.04 Å². The maximum Gasteiger partial charge on any atom is 0.0762 e. The van der Waals surface area contributed by atoms with Crippen molar-refractivity contribution in [2.75, 3.05) is 12.8 Å². The Kier molecular flexibility index (Phi) is 3.30. The van der Waals surface area contributed by atoms with Crippen LogP contribution in [0.25, 0.3) is 0 Å². The van der Waals surface area contributed by atoms with Gasteiger partial charge in [-0.2, -0.15) is 0 Å². The minimum Gasteiger partial charge on any atom is -0.311 e. The highest BCUT2D eigenvalue weighted by Gasteiger charge is 2.31. The number of fused-ring (bicyclic) bond motifs is 1. The van der Waals surface area contributed by atoms with E-state index < -0.39 is 0 Å². The van der Waals surface area contributed by atoms with Crippen molar-refractivity contribution >= 4 is 11.8 Å². The Morgan fingerprint density at radius 2 is 2.22 bits per heavy atom.